The second-order valence-electron chi connectivity index (χ2n) is 5.63. The molecule has 0 bridgehead atoms. The summed E-state index contributed by atoms with van der Waals surface area (Å²) in [5.74, 6) is -1.54. The molecule has 0 aliphatic carbocycles. The normalized spacial score (nSPS) is 10.4. The second-order valence-corrected chi connectivity index (χ2v) is 6.04. The maximum atomic E-state index is 12.0. The van der Waals surface area contributed by atoms with Crippen molar-refractivity contribution in [3.8, 4) is 0 Å². The minimum atomic E-state index is -0.638. The summed E-state index contributed by atoms with van der Waals surface area (Å²) in [7, 11) is 1.45. The first kappa shape index (κ1) is 20.2. The number of para-hydroxylation sites is 1. The molecular weight excluding hydrogens is 368 g/mol. The summed E-state index contributed by atoms with van der Waals surface area (Å²) >= 11 is 5.97. The molecule has 2 aromatic rings. The molecule has 0 saturated carbocycles. The van der Waals surface area contributed by atoms with Crippen molar-refractivity contribution < 1.29 is 19.1 Å². The van der Waals surface area contributed by atoms with Gasteiger partial charge in [-0.3, -0.25) is 9.59 Å². The molecule has 0 aliphatic rings. The van der Waals surface area contributed by atoms with Crippen LogP contribution in [0.25, 0.3) is 6.08 Å². The van der Waals surface area contributed by atoms with Crippen molar-refractivity contribution in [2.75, 3.05) is 25.5 Å². The third-order valence-corrected chi connectivity index (χ3v) is 3.83. The molecule has 0 heterocycles. The van der Waals surface area contributed by atoms with Crippen LogP contribution in [0.1, 0.15) is 5.56 Å². The maximum Gasteiger partial charge on any atom is 0.331 e. The van der Waals surface area contributed by atoms with Gasteiger partial charge < -0.3 is 15.0 Å². The van der Waals surface area contributed by atoms with Gasteiger partial charge in [0.15, 0.2) is 6.61 Å². The summed E-state index contributed by atoms with van der Waals surface area (Å²) in [5, 5.41) is 3.02. The van der Waals surface area contributed by atoms with E-state index in [0.717, 1.165) is 5.56 Å². The Morgan fingerprint density at radius 3 is 2.44 bits per heavy atom. The summed E-state index contributed by atoms with van der Waals surface area (Å²) in [6, 6.07) is 16.0. The molecule has 2 rings (SSSR count). The molecule has 0 spiro atoms. The molecule has 0 unspecified atom stereocenters. The highest BCUT2D eigenvalue weighted by Gasteiger charge is 2.15. The molecule has 1 N–H and O–H groups in total. The molecule has 140 valence electrons. The molecule has 6 nitrogen and oxygen atoms in total. The lowest BCUT2D eigenvalue weighted by atomic mass is 10.2. The Labute approximate surface area is 162 Å². The number of benzene rings is 2. The van der Waals surface area contributed by atoms with E-state index in [1.54, 1.807) is 30.3 Å². The van der Waals surface area contributed by atoms with E-state index < -0.39 is 24.4 Å². The van der Waals surface area contributed by atoms with Crippen LogP contribution in [0.15, 0.2) is 60.7 Å². The Hall–Kier alpha value is -3.12. The van der Waals surface area contributed by atoms with Gasteiger partial charge in [0.2, 0.25) is 5.91 Å². The van der Waals surface area contributed by atoms with E-state index in [9.17, 15) is 14.4 Å². The molecule has 2 amide bonds. The highest BCUT2D eigenvalue weighted by Crippen LogP contribution is 2.20. The molecule has 7 heteroatoms. The number of amides is 2. The van der Waals surface area contributed by atoms with Crippen molar-refractivity contribution in [2.24, 2.45) is 0 Å². The molecule has 0 aliphatic heterocycles. The lowest BCUT2D eigenvalue weighted by molar-refractivity contribution is -0.148. The maximum absolute atomic E-state index is 12.0. The van der Waals surface area contributed by atoms with Crippen LogP contribution in [-0.4, -0.2) is 42.9 Å². The Balaban J connectivity index is 1.76. The standard InChI is InChI=1S/C20H19ClN2O4/c1-23(13-18(24)22-17-10-6-5-9-16(17)21)19(25)14-27-20(26)12-11-15-7-3-2-4-8-15/h2-12H,13-14H2,1H3,(H,22,24)/b12-11+. The third kappa shape index (κ3) is 6.95. The van der Waals surface area contributed by atoms with Gasteiger partial charge in [-0.15, -0.1) is 0 Å². The van der Waals surface area contributed by atoms with Gasteiger partial charge in [-0.05, 0) is 23.8 Å². The van der Waals surface area contributed by atoms with Gasteiger partial charge in [-0.25, -0.2) is 4.79 Å². The van der Waals surface area contributed by atoms with E-state index in [2.05, 4.69) is 5.32 Å². The van der Waals surface area contributed by atoms with Crippen molar-refractivity contribution in [1.29, 1.82) is 0 Å². The topological polar surface area (TPSA) is 75.7 Å². The highest BCUT2D eigenvalue weighted by atomic mass is 35.5. The summed E-state index contributed by atoms with van der Waals surface area (Å²) in [4.78, 5) is 36.8. The monoisotopic (exact) mass is 386 g/mol. The van der Waals surface area contributed by atoms with Crippen LogP contribution in [0.3, 0.4) is 0 Å². The zero-order valence-electron chi connectivity index (χ0n) is 14.7. The van der Waals surface area contributed by atoms with Crippen LogP contribution in [0.2, 0.25) is 5.02 Å². The smallest absolute Gasteiger partial charge is 0.331 e. The SMILES string of the molecule is CN(CC(=O)Nc1ccccc1Cl)C(=O)COC(=O)/C=C/c1ccccc1. The van der Waals surface area contributed by atoms with Gasteiger partial charge in [0.05, 0.1) is 17.3 Å². The van der Waals surface area contributed by atoms with Gasteiger partial charge in [0.25, 0.3) is 5.91 Å². The predicted molar refractivity (Wildman–Crippen MR) is 104 cm³/mol. The van der Waals surface area contributed by atoms with Crippen molar-refractivity contribution in [3.05, 3.63) is 71.3 Å². The average molecular weight is 387 g/mol. The van der Waals surface area contributed by atoms with Gasteiger partial charge >= 0.3 is 5.97 Å². The number of halogens is 1. The van der Waals surface area contributed by atoms with E-state index in [4.69, 9.17) is 16.3 Å². The first-order chi connectivity index (χ1) is 13.0. The van der Waals surface area contributed by atoms with Crippen LogP contribution in [0, 0.1) is 0 Å². The molecule has 2 aromatic carbocycles. The van der Waals surface area contributed by atoms with Gasteiger partial charge in [-0.2, -0.15) is 0 Å². The zero-order chi connectivity index (χ0) is 19.6. The van der Waals surface area contributed by atoms with Crippen molar-refractivity contribution in [1.82, 2.24) is 4.90 Å². The summed E-state index contributed by atoms with van der Waals surface area (Å²) in [5.41, 5.74) is 1.30. The van der Waals surface area contributed by atoms with E-state index in [0.29, 0.717) is 10.7 Å². The Morgan fingerprint density at radius 1 is 1.07 bits per heavy atom. The molecule has 0 radical (unpaired) electrons. The molecule has 0 fully saturated rings. The van der Waals surface area contributed by atoms with Crippen LogP contribution >= 0.6 is 11.6 Å². The van der Waals surface area contributed by atoms with Crippen LogP contribution in [0.4, 0.5) is 5.69 Å². The Bertz CT molecular complexity index is 837. The lowest BCUT2D eigenvalue weighted by Crippen LogP contribution is -2.37. The van der Waals surface area contributed by atoms with Crippen LogP contribution in [-0.2, 0) is 19.1 Å². The summed E-state index contributed by atoms with van der Waals surface area (Å²) in [6.07, 6.45) is 2.83. The molecule has 0 saturated heterocycles. The van der Waals surface area contributed by atoms with Crippen molar-refractivity contribution >= 4 is 41.1 Å². The van der Waals surface area contributed by atoms with Crippen LogP contribution < -0.4 is 5.32 Å². The number of esters is 1. The number of nitrogens with one attached hydrogen (secondary N) is 1. The predicted octanol–water partition coefficient (Wildman–Crippen LogP) is 2.99. The quantitative estimate of drug-likeness (QED) is 0.586. The number of hydrogen-bond donors (Lipinski definition) is 1. The average Bonchev–Trinajstić information content (AvgIpc) is 2.67. The number of likely N-dealkylation sites (N-methyl/N-ethyl adjacent to an activating group) is 1. The summed E-state index contributed by atoms with van der Waals surface area (Å²) in [6.45, 7) is -0.644. The number of anilines is 1. The van der Waals surface area contributed by atoms with Gasteiger partial charge in [0, 0.05) is 13.1 Å². The fraction of sp³-hybridized carbons (Fsp3) is 0.150. The fourth-order valence-corrected chi connectivity index (χ4v) is 2.26. The number of nitrogens with zero attached hydrogens (tertiary/aromatic N) is 1. The fourth-order valence-electron chi connectivity index (χ4n) is 2.08. The lowest BCUT2D eigenvalue weighted by Gasteiger charge is -2.16. The second kappa shape index (κ2) is 10.1. The van der Waals surface area contributed by atoms with E-state index in [1.165, 1.54) is 18.0 Å². The number of carbonyl (C=O) groups excluding carboxylic acids is 3. The molecular formula is C20H19ClN2O4. The first-order valence-corrected chi connectivity index (χ1v) is 8.51. The Morgan fingerprint density at radius 2 is 1.74 bits per heavy atom. The number of ether oxygens (including phenoxy) is 1. The van der Waals surface area contributed by atoms with Crippen molar-refractivity contribution in [3.63, 3.8) is 0 Å². The zero-order valence-corrected chi connectivity index (χ0v) is 15.5. The van der Waals surface area contributed by atoms with E-state index in [-0.39, 0.29) is 6.54 Å². The molecule has 0 atom stereocenters. The van der Waals surface area contributed by atoms with Crippen molar-refractivity contribution in [2.45, 2.75) is 0 Å². The number of rotatable bonds is 7. The minimum absolute atomic E-state index is 0.193. The largest absolute Gasteiger partial charge is 0.452 e. The Kier molecular flexibility index (Phi) is 7.58. The summed E-state index contributed by atoms with van der Waals surface area (Å²) < 4.78 is 4.90. The number of carbonyl (C=O) groups is 3. The number of hydrogen-bond acceptors (Lipinski definition) is 4. The van der Waals surface area contributed by atoms with Gasteiger partial charge in [-0.1, -0.05) is 54.1 Å². The van der Waals surface area contributed by atoms with Gasteiger partial charge in [0.1, 0.15) is 0 Å². The molecule has 27 heavy (non-hydrogen) atoms. The third-order valence-electron chi connectivity index (χ3n) is 3.50. The first-order valence-electron chi connectivity index (χ1n) is 8.14. The molecule has 0 aromatic heterocycles. The van der Waals surface area contributed by atoms with E-state index in [1.807, 2.05) is 30.3 Å². The van der Waals surface area contributed by atoms with Crippen LogP contribution in [0.5, 0.6) is 0 Å². The highest BCUT2D eigenvalue weighted by molar-refractivity contribution is 6.33. The minimum Gasteiger partial charge on any atom is -0.452 e. The van der Waals surface area contributed by atoms with E-state index >= 15 is 0 Å².